The van der Waals surface area contributed by atoms with Gasteiger partial charge in [0.15, 0.2) is 0 Å². The first-order chi connectivity index (χ1) is 53.6. The summed E-state index contributed by atoms with van der Waals surface area (Å²) in [5, 5.41) is 0. The zero-order chi connectivity index (χ0) is 79.0. The first-order valence-electron chi connectivity index (χ1n) is 51.1. The predicted octanol–water partition coefficient (Wildman–Crippen LogP) is 27.9. The van der Waals surface area contributed by atoms with Crippen molar-refractivity contribution in [2.45, 2.75) is 468 Å². The van der Waals surface area contributed by atoms with Crippen molar-refractivity contribution in [3.8, 4) is 0 Å². The fraction of sp³-hybridized carbons (Fsp3) is 1.00. The summed E-state index contributed by atoms with van der Waals surface area (Å²) in [4.78, 5) is 0. The lowest BCUT2D eigenvalue weighted by Gasteiger charge is -2.57. The topological polar surface area (TPSA) is 64.6 Å². The third-order valence-corrected chi connectivity index (χ3v) is 37.8. The Hall–Kier alpha value is -0.280. The molecule has 0 aromatic rings. The van der Waals surface area contributed by atoms with Crippen LogP contribution in [0.1, 0.15) is 395 Å². The van der Waals surface area contributed by atoms with Crippen molar-refractivity contribution < 1.29 is 33.2 Å². The summed E-state index contributed by atoms with van der Waals surface area (Å²) in [5.41, 5.74) is 0.917. The maximum Gasteiger partial charge on any atom is 0.0694 e. The average Bonchev–Trinajstić information content (AvgIpc) is 1.36. The lowest BCUT2D eigenvalue weighted by Crippen LogP contribution is -2.53. The van der Waals surface area contributed by atoms with E-state index in [1.165, 1.54) is 244 Å². The molecule has 23 aliphatic rings. The van der Waals surface area contributed by atoms with E-state index < -0.39 is 0 Å². The fourth-order valence-corrected chi connectivity index (χ4v) is 31.5. The molecule has 0 aromatic heterocycles. The lowest BCUT2D eigenvalue weighted by atomic mass is 9.52. The molecule has 7 nitrogen and oxygen atoms in total. The van der Waals surface area contributed by atoms with Crippen LogP contribution in [0, 0.1) is 183 Å². The van der Waals surface area contributed by atoms with Crippen molar-refractivity contribution in [3.05, 3.63) is 0 Å². The quantitative estimate of drug-likeness (QED) is 0.107. The molecule has 21 unspecified atom stereocenters. The fourth-order valence-electron chi connectivity index (χ4n) is 31.5. The Bertz CT molecular complexity index is 2710. The molecule has 23 aliphatic carbocycles. The minimum Gasteiger partial charge on any atom is -0.378 e. The van der Waals surface area contributed by atoms with E-state index in [0.717, 1.165) is 161 Å². The first-order valence-corrected chi connectivity index (χ1v) is 51.1. The van der Waals surface area contributed by atoms with Crippen molar-refractivity contribution in [2.75, 3.05) is 13.2 Å². The number of rotatable bonds is 22. The minimum atomic E-state index is 0.304. The van der Waals surface area contributed by atoms with Crippen LogP contribution in [-0.2, 0) is 33.2 Å². The molecule has 0 aromatic carbocycles. The molecule has 0 amide bonds. The third-order valence-electron chi connectivity index (χ3n) is 37.8. The molecule has 23 rings (SSSR count). The van der Waals surface area contributed by atoms with Gasteiger partial charge in [-0.1, -0.05) is 121 Å². The molecule has 0 heterocycles. The summed E-state index contributed by atoms with van der Waals surface area (Å²) in [6.45, 7) is 44.8. The van der Waals surface area contributed by atoms with Crippen LogP contribution in [0.4, 0.5) is 0 Å². The summed E-state index contributed by atoms with van der Waals surface area (Å²) >= 11 is 0. The van der Waals surface area contributed by atoms with Crippen LogP contribution in [0.5, 0.6) is 0 Å². The molecule has 19 bridgehead atoms. The third kappa shape index (κ3) is 21.5. The van der Waals surface area contributed by atoms with E-state index in [1.54, 1.807) is 19.3 Å². The van der Waals surface area contributed by atoms with Crippen LogP contribution in [-0.4, -0.2) is 86.0 Å². The van der Waals surface area contributed by atoms with Crippen LogP contribution in [0.2, 0.25) is 0 Å². The van der Waals surface area contributed by atoms with Crippen molar-refractivity contribution in [1.82, 2.24) is 0 Å². The van der Waals surface area contributed by atoms with E-state index in [4.69, 9.17) is 33.2 Å². The van der Waals surface area contributed by atoms with Gasteiger partial charge in [0.25, 0.3) is 0 Å². The largest absolute Gasteiger partial charge is 0.378 e. The Kier molecular flexibility index (Phi) is 30.7. The van der Waals surface area contributed by atoms with Gasteiger partial charge >= 0.3 is 0 Å². The molecule has 0 radical (unpaired) electrons. The molecule has 7 heteroatoms. The molecular formula is C105H184O7. The van der Waals surface area contributed by atoms with Crippen molar-refractivity contribution >= 4 is 0 Å². The maximum atomic E-state index is 6.51. The van der Waals surface area contributed by atoms with Gasteiger partial charge in [0.05, 0.1) is 86.0 Å². The number of fused-ring (bicyclic) bond motifs is 12. The van der Waals surface area contributed by atoms with Crippen molar-refractivity contribution in [2.24, 2.45) is 183 Å². The maximum absolute atomic E-state index is 6.51. The Labute approximate surface area is 692 Å². The van der Waals surface area contributed by atoms with E-state index in [9.17, 15) is 0 Å². The smallest absolute Gasteiger partial charge is 0.0694 e. The van der Waals surface area contributed by atoms with Crippen LogP contribution >= 0.6 is 0 Å². The van der Waals surface area contributed by atoms with Gasteiger partial charge in [-0.25, -0.2) is 0 Å². The van der Waals surface area contributed by atoms with E-state index in [2.05, 4.69) is 132 Å². The van der Waals surface area contributed by atoms with Gasteiger partial charge < -0.3 is 33.2 Å². The number of ether oxygens (including phenoxy) is 7. The van der Waals surface area contributed by atoms with Crippen LogP contribution in [0.3, 0.4) is 0 Å². The second-order valence-electron chi connectivity index (χ2n) is 47.8. The SMILES string of the molecule is CC(C)C(C)OC12CC3CC(CC(C3)C1)C2.CC(C)C(C)OC1C2CC3CC(C2)CC1C3.CC(C)C(C)OC1CC2CC1C1CCCC21.CC(C)C(C)OC1CCCC(C2CCCCC2)C1.CC(C)C(C)OCC1C2CC3CC(C2)CC1C3.CC(C)OC1CC2CC1C1CCCC21.CC(C)OCC12CCC3CC(CC1C3)C2. The molecular weight excluding hydrogens is 1370 g/mol. The van der Waals surface area contributed by atoms with Crippen LogP contribution < -0.4 is 0 Å². The van der Waals surface area contributed by atoms with Crippen molar-refractivity contribution in [1.29, 1.82) is 0 Å². The zero-order valence-electron chi connectivity index (χ0n) is 76.9. The van der Waals surface area contributed by atoms with Gasteiger partial charge in [0, 0.05) is 0 Å². The summed E-state index contributed by atoms with van der Waals surface area (Å²) in [6.07, 6.45) is 66.0. The number of hydrogen-bond acceptors (Lipinski definition) is 7. The molecule has 112 heavy (non-hydrogen) atoms. The zero-order valence-corrected chi connectivity index (χ0v) is 76.9. The van der Waals surface area contributed by atoms with E-state index >= 15 is 0 Å². The van der Waals surface area contributed by atoms with Crippen LogP contribution in [0.25, 0.3) is 0 Å². The highest BCUT2D eigenvalue weighted by molar-refractivity contribution is 5.08. The highest BCUT2D eigenvalue weighted by Gasteiger charge is 2.59. The molecule has 0 saturated heterocycles. The summed E-state index contributed by atoms with van der Waals surface area (Å²) in [7, 11) is 0. The highest BCUT2D eigenvalue weighted by Crippen LogP contribution is 2.65. The van der Waals surface area contributed by atoms with E-state index in [1.807, 2.05) is 0 Å². The predicted molar refractivity (Wildman–Crippen MR) is 466 cm³/mol. The molecule has 0 spiro atoms. The Balaban J connectivity index is 0.000000109. The van der Waals surface area contributed by atoms with E-state index in [-0.39, 0.29) is 0 Å². The second-order valence-corrected chi connectivity index (χ2v) is 47.8. The van der Waals surface area contributed by atoms with Gasteiger partial charge in [0.1, 0.15) is 0 Å². The molecule has 646 valence electrons. The summed E-state index contributed by atoms with van der Waals surface area (Å²) in [6, 6.07) is 0. The Morgan fingerprint density at radius 3 is 1.22 bits per heavy atom. The van der Waals surface area contributed by atoms with Gasteiger partial charge in [-0.05, 0) is 457 Å². The standard InChI is InChI=1S/C17H32O.C16H28O.3C15H26O.C14H24O.C13H22O/c1-13(2)14(3)18-17-11-7-10-16(12-17)15-8-5-4-6-9-15;1-10(2)11(3)17-9-16-14-5-12-4-13(7-14)8-15(16)6-12;1-10(2)11(3)16-15-7-12-4-13(8-15)6-14(5-12)9-15;1-9(2)10(3)16-15-13-5-11-4-12(7-13)8-14(15)6-11;1-9(2)10(3)16-15-8-11-7-14(15)13-6-4-5-12(11)13;1-10(2)15-9-14-4-3-11-5-12(8-14)7-13(14)6-11;1-8(2)14-13-7-9-6-12(13)11-5-3-4-10(9)11/h13-17H,4-12H2,1-3H3;10-16H,4-9H2,1-3H3;10-14H,4-9H2,1-3H3;2*9-15H,4-8H2,1-3H3;10-13H,3-9H2,1-2H3;8-13H,3-7H2,1-2H3. The monoisotopic (exact) mass is 1560 g/mol. The summed E-state index contributed by atoms with van der Waals surface area (Å²) in [5.74, 6) is 28.8. The van der Waals surface area contributed by atoms with Crippen molar-refractivity contribution in [3.63, 3.8) is 0 Å². The number of hydrogen-bond donors (Lipinski definition) is 0. The molecule has 0 aliphatic heterocycles. The normalized spacial score (nSPS) is 45.3. The molecule has 21 atom stereocenters. The Morgan fingerprint density at radius 2 is 0.714 bits per heavy atom. The molecule has 23 saturated carbocycles. The Morgan fingerprint density at radius 1 is 0.277 bits per heavy atom. The molecule has 23 fully saturated rings. The lowest BCUT2D eigenvalue weighted by molar-refractivity contribution is -0.191. The van der Waals surface area contributed by atoms with E-state index in [0.29, 0.717) is 108 Å². The van der Waals surface area contributed by atoms with Gasteiger partial charge in [-0.2, -0.15) is 0 Å². The second kappa shape index (κ2) is 39.1. The van der Waals surface area contributed by atoms with Gasteiger partial charge in [-0.15, -0.1) is 0 Å². The van der Waals surface area contributed by atoms with Gasteiger partial charge in [0.2, 0.25) is 0 Å². The minimum absolute atomic E-state index is 0.304. The molecule has 0 N–H and O–H groups in total. The summed E-state index contributed by atoms with van der Waals surface area (Å²) < 4.78 is 43.6. The van der Waals surface area contributed by atoms with Gasteiger partial charge in [-0.3, -0.25) is 0 Å². The first kappa shape index (κ1) is 88.0. The highest BCUT2D eigenvalue weighted by atomic mass is 16.5. The average molecular weight is 1560 g/mol. The van der Waals surface area contributed by atoms with Crippen LogP contribution in [0.15, 0.2) is 0 Å².